The molecule has 0 aliphatic carbocycles. The molecule has 2 atom stereocenters. The maximum absolute atomic E-state index is 12.2. The first-order valence-corrected chi connectivity index (χ1v) is 7.21. The molecule has 0 radical (unpaired) electrons. The second-order valence-electron chi connectivity index (χ2n) is 6.11. The van der Waals surface area contributed by atoms with Crippen LogP contribution in [0.5, 0.6) is 0 Å². The molecule has 4 nitrogen and oxygen atoms in total. The second kappa shape index (κ2) is 5.44. The van der Waals surface area contributed by atoms with Gasteiger partial charge in [-0.25, -0.2) is 4.79 Å². The highest BCUT2D eigenvalue weighted by molar-refractivity contribution is 5.68. The lowest BCUT2D eigenvalue weighted by molar-refractivity contribution is -0.0170. The van der Waals surface area contributed by atoms with E-state index < -0.39 is 0 Å². The van der Waals surface area contributed by atoms with Crippen LogP contribution in [-0.4, -0.2) is 37.3 Å². The summed E-state index contributed by atoms with van der Waals surface area (Å²) < 4.78 is 11.0. The van der Waals surface area contributed by atoms with E-state index in [0.717, 1.165) is 38.3 Å². The lowest BCUT2D eigenvalue weighted by Gasteiger charge is -2.34. The predicted octanol–water partition coefficient (Wildman–Crippen LogP) is 2.68. The minimum Gasteiger partial charge on any atom is -0.445 e. The zero-order chi connectivity index (χ0) is 14.0. The van der Waals surface area contributed by atoms with Crippen molar-refractivity contribution in [1.29, 1.82) is 0 Å². The van der Waals surface area contributed by atoms with Gasteiger partial charge in [-0.1, -0.05) is 37.3 Å². The van der Waals surface area contributed by atoms with Gasteiger partial charge >= 0.3 is 6.09 Å². The third-order valence-corrected chi connectivity index (χ3v) is 4.48. The molecule has 0 unspecified atom stereocenters. The molecule has 0 saturated carbocycles. The number of fused-ring (bicyclic) bond motifs is 1. The molecule has 2 saturated heterocycles. The van der Waals surface area contributed by atoms with Gasteiger partial charge in [0.05, 0.1) is 6.61 Å². The fourth-order valence-corrected chi connectivity index (χ4v) is 3.20. The van der Waals surface area contributed by atoms with Crippen LogP contribution in [-0.2, 0) is 16.1 Å². The predicted molar refractivity (Wildman–Crippen MR) is 75.2 cm³/mol. The summed E-state index contributed by atoms with van der Waals surface area (Å²) in [5.74, 6) is 0.542. The van der Waals surface area contributed by atoms with Crippen LogP contribution in [0.15, 0.2) is 30.3 Å². The maximum Gasteiger partial charge on any atom is 0.410 e. The van der Waals surface area contributed by atoms with Gasteiger partial charge in [0, 0.05) is 25.1 Å². The highest BCUT2D eigenvalue weighted by Crippen LogP contribution is 2.40. The Morgan fingerprint density at radius 1 is 1.45 bits per heavy atom. The summed E-state index contributed by atoms with van der Waals surface area (Å²) in [5, 5.41) is 0. The smallest absolute Gasteiger partial charge is 0.410 e. The Hall–Kier alpha value is -1.55. The van der Waals surface area contributed by atoms with Gasteiger partial charge in [0.15, 0.2) is 0 Å². The minimum atomic E-state index is -0.204. The van der Waals surface area contributed by atoms with Gasteiger partial charge in [0.2, 0.25) is 0 Å². The van der Waals surface area contributed by atoms with Crippen molar-refractivity contribution in [1.82, 2.24) is 4.90 Å². The highest BCUT2D eigenvalue weighted by atomic mass is 16.6. The number of carbonyl (C=O) groups excluding carboxylic acids is 1. The van der Waals surface area contributed by atoms with E-state index in [1.54, 1.807) is 0 Å². The molecule has 2 aliphatic rings. The summed E-state index contributed by atoms with van der Waals surface area (Å²) in [6, 6.07) is 9.79. The minimum absolute atomic E-state index is 0.101. The average Bonchev–Trinajstić information content (AvgIpc) is 2.83. The number of ether oxygens (including phenoxy) is 2. The van der Waals surface area contributed by atoms with Crippen molar-refractivity contribution < 1.29 is 14.3 Å². The average molecular weight is 275 g/mol. The molecular weight excluding hydrogens is 254 g/mol. The standard InChI is InChI=1S/C16H21NO3/c1-16-11-17(9-14(16)7-8-19-12-16)15(18)20-10-13-5-3-2-4-6-13/h2-6,14H,7-12H2,1H3/t14-,16-/m1/s1. The van der Waals surface area contributed by atoms with E-state index in [-0.39, 0.29) is 11.5 Å². The number of likely N-dealkylation sites (tertiary alicyclic amines) is 1. The van der Waals surface area contributed by atoms with Gasteiger partial charge < -0.3 is 14.4 Å². The van der Waals surface area contributed by atoms with Crippen LogP contribution >= 0.6 is 0 Å². The molecule has 20 heavy (non-hydrogen) atoms. The quantitative estimate of drug-likeness (QED) is 0.833. The normalized spacial score (nSPS) is 29.1. The molecule has 0 N–H and O–H groups in total. The number of hydrogen-bond acceptors (Lipinski definition) is 3. The van der Waals surface area contributed by atoms with Gasteiger partial charge in [-0.15, -0.1) is 0 Å². The fraction of sp³-hybridized carbons (Fsp3) is 0.562. The summed E-state index contributed by atoms with van der Waals surface area (Å²) in [6.45, 7) is 5.65. The van der Waals surface area contributed by atoms with Gasteiger partial charge in [-0.05, 0) is 17.9 Å². The highest BCUT2D eigenvalue weighted by Gasteiger charge is 2.46. The van der Waals surface area contributed by atoms with Crippen molar-refractivity contribution in [2.24, 2.45) is 11.3 Å². The fourth-order valence-electron chi connectivity index (χ4n) is 3.20. The molecule has 1 amide bonds. The zero-order valence-corrected chi connectivity index (χ0v) is 11.9. The number of nitrogens with zero attached hydrogens (tertiary/aromatic N) is 1. The molecule has 1 aromatic rings. The topological polar surface area (TPSA) is 38.8 Å². The number of carbonyl (C=O) groups is 1. The molecule has 0 spiro atoms. The van der Waals surface area contributed by atoms with Crippen LogP contribution in [0.4, 0.5) is 4.79 Å². The molecule has 2 heterocycles. The first kappa shape index (κ1) is 13.4. The van der Waals surface area contributed by atoms with E-state index in [1.807, 2.05) is 35.2 Å². The Balaban J connectivity index is 1.56. The van der Waals surface area contributed by atoms with Crippen LogP contribution in [0.3, 0.4) is 0 Å². The molecule has 0 aromatic heterocycles. The number of amides is 1. The Morgan fingerprint density at radius 3 is 3.00 bits per heavy atom. The number of hydrogen-bond donors (Lipinski definition) is 0. The van der Waals surface area contributed by atoms with Crippen LogP contribution in [0, 0.1) is 11.3 Å². The van der Waals surface area contributed by atoms with Crippen LogP contribution in [0.2, 0.25) is 0 Å². The number of rotatable bonds is 2. The van der Waals surface area contributed by atoms with Crippen molar-refractivity contribution in [2.75, 3.05) is 26.3 Å². The van der Waals surface area contributed by atoms with Crippen molar-refractivity contribution in [3.8, 4) is 0 Å². The van der Waals surface area contributed by atoms with E-state index >= 15 is 0 Å². The zero-order valence-electron chi connectivity index (χ0n) is 11.9. The monoisotopic (exact) mass is 275 g/mol. The first-order valence-electron chi connectivity index (χ1n) is 7.21. The van der Waals surface area contributed by atoms with Crippen molar-refractivity contribution in [3.05, 3.63) is 35.9 Å². The lowest BCUT2D eigenvalue weighted by Crippen LogP contribution is -2.37. The van der Waals surface area contributed by atoms with E-state index in [2.05, 4.69) is 6.92 Å². The Morgan fingerprint density at radius 2 is 2.25 bits per heavy atom. The van der Waals surface area contributed by atoms with E-state index in [9.17, 15) is 4.79 Å². The van der Waals surface area contributed by atoms with E-state index in [0.29, 0.717) is 12.5 Å². The molecule has 3 rings (SSSR count). The van der Waals surface area contributed by atoms with Crippen molar-refractivity contribution in [3.63, 3.8) is 0 Å². The summed E-state index contributed by atoms with van der Waals surface area (Å²) in [5.41, 5.74) is 1.12. The molecule has 2 fully saturated rings. The van der Waals surface area contributed by atoms with Crippen LogP contribution < -0.4 is 0 Å². The largest absolute Gasteiger partial charge is 0.445 e. The summed E-state index contributed by atoms with van der Waals surface area (Å²) in [7, 11) is 0. The third kappa shape index (κ3) is 2.66. The van der Waals surface area contributed by atoms with Crippen LogP contribution in [0.1, 0.15) is 18.9 Å². The second-order valence-corrected chi connectivity index (χ2v) is 6.11. The van der Waals surface area contributed by atoms with Crippen molar-refractivity contribution in [2.45, 2.75) is 20.0 Å². The summed E-state index contributed by atoms with van der Waals surface area (Å²) >= 11 is 0. The van der Waals surface area contributed by atoms with Crippen LogP contribution in [0.25, 0.3) is 0 Å². The maximum atomic E-state index is 12.2. The van der Waals surface area contributed by atoms with Gasteiger partial charge in [-0.2, -0.15) is 0 Å². The van der Waals surface area contributed by atoms with Gasteiger partial charge in [0.25, 0.3) is 0 Å². The Labute approximate surface area is 119 Å². The van der Waals surface area contributed by atoms with Crippen molar-refractivity contribution >= 4 is 6.09 Å². The van der Waals surface area contributed by atoms with Gasteiger partial charge in [-0.3, -0.25) is 0 Å². The SMILES string of the molecule is C[C@@]12COCC[C@@H]1CN(C(=O)OCc1ccccc1)C2. The number of benzene rings is 1. The molecule has 4 heteroatoms. The first-order chi connectivity index (χ1) is 9.67. The van der Waals surface area contributed by atoms with E-state index in [1.165, 1.54) is 0 Å². The Bertz CT molecular complexity index is 476. The molecule has 1 aromatic carbocycles. The summed E-state index contributed by atoms with van der Waals surface area (Å²) in [6.07, 6.45) is 0.836. The molecule has 108 valence electrons. The molecule has 2 aliphatic heterocycles. The Kier molecular flexibility index (Phi) is 3.66. The third-order valence-electron chi connectivity index (χ3n) is 4.48. The lowest BCUT2D eigenvalue weighted by atomic mass is 9.78. The molecular formula is C16H21NO3. The van der Waals surface area contributed by atoms with Gasteiger partial charge in [0.1, 0.15) is 6.61 Å². The summed E-state index contributed by atoms with van der Waals surface area (Å²) in [4.78, 5) is 14.0. The molecule has 0 bridgehead atoms. The van der Waals surface area contributed by atoms with E-state index in [4.69, 9.17) is 9.47 Å².